The Morgan fingerprint density at radius 3 is 2.67 bits per heavy atom. The lowest BCUT2D eigenvalue weighted by Crippen LogP contribution is -2.38. The van der Waals surface area contributed by atoms with Crippen molar-refractivity contribution in [2.24, 2.45) is 0 Å². The molecule has 0 spiro atoms. The van der Waals surface area contributed by atoms with Crippen molar-refractivity contribution in [2.75, 3.05) is 24.6 Å². The number of hydrogen-bond donors (Lipinski definition) is 0. The van der Waals surface area contributed by atoms with Crippen molar-refractivity contribution in [2.45, 2.75) is 0 Å². The van der Waals surface area contributed by atoms with Crippen LogP contribution < -0.4 is 0 Å². The van der Waals surface area contributed by atoms with Gasteiger partial charge in [-0.3, -0.25) is 14.9 Å². The van der Waals surface area contributed by atoms with Gasteiger partial charge in [-0.05, 0) is 12.1 Å². The van der Waals surface area contributed by atoms with Crippen LogP contribution in [0.2, 0.25) is 5.02 Å². The first kappa shape index (κ1) is 13.2. The van der Waals surface area contributed by atoms with E-state index >= 15 is 0 Å². The number of nitro groups is 1. The number of carbonyl (C=O) groups is 1. The van der Waals surface area contributed by atoms with Crippen LogP contribution >= 0.6 is 23.4 Å². The van der Waals surface area contributed by atoms with Crippen LogP contribution in [0.3, 0.4) is 0 Å². The monoisotopic (exact) mass is 286 g/mol. The quantitative estimate of drug-likeness (QED) is 0.619. The van der Waals surface area contributed by atoms with E-state index in [4.69, 9.17) is 11.6 Å². The van der Waals surface area contributed by atoms with Gasteiger partial charge in [0.2, 0.25) is 0 Å². The van der Waals surface area contributed by atoms with Gasteiger partial charge in [-0.25, -0.2) is 0 Å². The molecule has 0 aromatic heterocycles. The molecule has 0 aliphatic carbocycles. The zero-order valence-corrected chi connectivity index (χ0v) is 11.0. The fourth-order valence-electron chi connectivity index (χ4n) is 1.78. The van der Waals surface area contributed by atoms with Crippen LogP contribution in [0.1, 0.15) is 10.4 Å². The lowest BCUT2D eigenvalue weighted by molar-refractivity contribution is -0.385. The van der Waals surface area contributed by atoms with Crippen molar-refractivity contribution >= 4 is 35.0 Å². The third-order valence-electron chi connectivity index (χ3n) is 2.68. The van der Waals surface area contributed by atoms with Crippen LogP contribution in [-0.2, 0) is 0 Å². The summed E-state index contributed by atoms with van der Waals surface area (Å²) in [6.07, 6.45) is 0. The molecule has 0 saturated carbocycles. The summed E-state index contributed by atoms with van der Waals surface area (Å²) in [5.41, 5.74) is -0.123. The second-order valence-corrected chi connectivity index (χ2v) is 5.48. The van der Waals surface area contributed by atoms with E-state index in [0.717, 1.165) is 11.5 Å². The Morgan fingerprint density at radius 2 is 2.06 bits per heavy atom. The molecule has 18 heavy (non-hydrogen) atoms. The highest BCUT2D eigenvalue weighted by atomic mass is 35.5. The molecule has 1 heterocycles. The van der Waals surface area contributed by atoms with Gasteiger partial charge < -0.3 is 4.90 Å². The molecule has 1 fully saturated rings. The Labute approximate surface area is 113 Å². The van der Waals surface area contributed by atoms with Gasteiger partial charge in [0.05, 0.1) is 4.92 Å². The van der Waals surface area contributed by atoms with Crippen molar-refractivity contribution in [1.29, 1.82) is 0 Å². The van der Waals surface area contributed by atoms with Crippen LogP contribution in [-0.4, -0.2) is 40.3 Å². The summed E-state index contributed by atoms with van der Waals surface area (Å²) in [4.78, 5) is 24.2. The Kier molecular flexibility index (Phi) is 4.08. The zero-order valence-electron chi connectivity index (χ0n) is 9.47. The van der Waals surface area contributed by atoms with Gasteiger partial charge in [0, 0.05) is 35.7 Å². The third kappa shape index (κ3) is 2.76. The van der Waals surface area contributed by atoms with Crippen molar-refractivity contribution in [1.82, 2.24) is 4.90 Å². The predicted octanol–water partition coefficient (Wildman–Crippen LogP) is 2.44. The third-order valence-corrected chi connectivity index (χ3v) is 3.86. The normalized spacial score (nSPS) is 15.5. The van der Waals surface area contributed by atoms with E-state index < -0.39 is 4.92 Å². The van der Waals surface area contributed by atoms with Gasteiger partial charge in [0.25, 0.3) is 11.6 Å². The highest BCUT2D eigenvalue weighted by Gasteiger charge is 2.25. The molecule has 0 atom stereocenters. The molecular weight excluding hydrogens is 276 g/mol. The first-order valence-electron chi connectivity index (χ1n) is 5.40. The second kappa shape index (κ2) is 5.58. The van der Waals surface area contributed by atoms with Crippen LogP contribution in [0, 0.1) is 10.1 Å². The SMILES string of the molecule is O=C(c1cc(Cl)ccc1[N+](=O)[O-])N1CCSCC1. The fourth-order valence-corrected chi connectivity index (χ4v) is 2.85. The average Bonchev–Trinajstić information content (AvgIpc) is 2.38. The summed E-state index contributed by atoms with van der Waals surface area (Å²) in [6, 6.07) is 4.06. The minimum absolute atomic E-state index is 0.0689. The average molecular weight is 287 g/mol. The van der Waals surface area contributed by atoms with Crippen LogP contribution in [0.25, 0.3) is 0 Å². The summed E-state index contributed by atoms with van der Waals surface area (Å²) < 4.78 is 0. The van der Waals surface area contributed by atoms with Crippen LogP contribution in [0.15, 0.2) is 18.2 Å². The maximum atomic E-state index is 12.2. The molecule has 0 radical (unpaired) electrons. The van der Waals surface area contributed by atoms with Gasteiger partial charge in [0.1, 0.15) is 5.56 Å². The molecule has 1 aliphatic rings. The number of halogens is 1. The first-order valence-corrected chi connectivity index (χ1v) is 6.94. The van der Waals surface area contributed by atoms with E-state index in [1.54, 1.807) is 16.7 Å². The molecule has 7 heteroatoms. The Morgan fingerprint density at radius 1 is 1.39 bits per heavy atom. The molecule has 1 aromatic carbocycles. The molecule has 1 saturated heterocycles. The summed E-state index contributed by atoms with van der Waals surface area (Å²) in [6.45, 7) is 1.24. The number of thioether (sulfide) groups is 1. The number of rotatable bonds is 2. The number of carbonyl (C=O) groups excluding carboxylic acids is 1. The topological polar surface area (TPSA) is 63.4 Å². The number of hydrogen-bond acceptors (Lipinski definition) is 4. The van der Waals surface area contributed by atoms with E-state index in [1.807, 2.05) is 0 Å². The maximum absolute atomic E-state index is 12.2. The molecule has 1 amide bonds. The smallest absolute Gasteiger partial charge is 0.282 e. The lowest BCUT2D eigenvalue weighted by atomic mass is 10.1. The standard InChI is InChI=1S/C11H11ClN2O3S/c12-8-1-2-10(14(16)17)9(7-8)11(15)13-3-5-18-6-4-13/h1-2,7H,3-6H2. The van der Waals surface area contributed by atoms with Crippen molar-refractivity contribution in [3.05, 3.63) is 38.9 Å². The van der Waals surface area contributed by atoms with Crippen molar-refractivity contribution < 1.29 is 9.72 Å². The Hall–Kier alpha value is -1.27. The number of benzene rings is 1. The summed E-state index contributed by atoms with van der Waals surface area (Å²) >= 11 is 7.58. The van der Waals surface area contributed by atoms with Crippen molar-refractivity contribution in [3.63, 3.8) is 0 Å². The fraction of sp³-hybridized carbons (Fsp3) is 0.364. The largest absolute Gasteiger partial charge is 0.337 e. The highest BCUT2D eigenvalue weighted by Crippen LogP contribution is 2.25. The molecule has 1 aliphatic heterocycles. The summed E-state index contributed by atoms with van der Waals surface area (Å²) in [7, 11) is 0. The summed E-state index contributed by atoms with van der Waals surface area (Å²) in [5, 5.41) is 11.2. The van der Waals surface area contributed by atoms with E-state index in [2.05, 4.69) is 0 Å². The maximum Gasteiger partial charge on any atom is 0.282 e. The predicted molar refractivity (Wildman–Crippen MR) is 71.3 cm³/mol. The molecule has 1 aromatic rings. The highest BCUT2D eigenvalue weighted by molar-refractivity contribution is 7.99. The molecule has 5 nitrogen and oxygen atoms in total. The van der Waals surface area contributed by atoms with Gasteiger partial charge >= 0.3 is 0 Å². The van der Waals surface area contributed by atoms with E-state index in [9.17, 15) is 14.9 Å². The first-order chi connectivity index (χ1) is 8.59. The van der Waals surface area contributed by atoms with E-state index in [1.165, 1.54) is 18.2 Å². The molecule has 0 N–H and O–H groups in total. The van der Waals surface area contributed by atoms with Crippen LogP contribution in [0.4, 0.5) is 5.69 Å². The zero-order chi connectivity index (χ0) is 13.1. The molecule has 0 unspecified atom stereocenters. The number of nitro benzene ring substituents is 1. The van der Waals surface area contributed by atoms with Gasteiger partial charge in [-0.15, -0.1) is 0 Å². The summed E-state index contributed by atoms with van der Waals surface area (Å²) in [5.74, 6) is 1.41. The Balaban J connectivity index is 2.33. The van der Waals surface area contributed by atoms with Gasteiger partial charge in [0.15, 0.2) is 0 Å². The minimum atomic E-state index is -0.553. The molecule has 96 valence electrons. The van der Waals surface area contributed by atoms with E-state index in [0.29, 0.717) is 18.1 Å². The number of nitrogens with zero attached hydrogens (tertiary/aromatic N) is 2. The van der Waals surface area contributed by atoms with Crippen molar-refractivity contribution in [3.8, 4) is 0 Å². The minimum Gasteiger partial charge on any atom is -0.337 e. The molecular formula is C11H11ClN2O3S. The van der Waals surface area contributed by atoms with Gasteiger partial charge in [-0.1, -0.05) is 11.6 Å². The lowest BCUT2D eigenvalue weighted by Gasteiger charge is -2.26. The number of amides is 1. The molecule has 0 bridgehead atoms. The van der Waals surface area contributed by atoms with Crippen LogP contribution in [0.5, 0.6) is 0 Å². The Bertz CT molecular complexity index is 489. The van der Waals surface area contributed by atoms with E-state index in [-0.39, 0.29) is 17.2 Å². The molecule has 2 rings (SSSR count). The van der Waals surface area contributed by atoms with Gasteiger partial charge in [-0.2, -0.15) is 11.8 Å². The second-order valence-electron chi connectivity index (χ2n) is 3.82.